The highest BCUT2D eigenvalue weighted by Gasteiger charge is 2.11. The van der Waals surface area contributed by atoms with Gasteiger partial charge in [0.05, 0.1) is 4.92 Å². The van der Waals surface area contributed by atoms with Gasteiger partial charge in [-0.2, -0.15) is 4.98 Å². The van der Waals surface area contributed by atoms with Gasteiger partial charge >= 0.3 is 0 Å². The summed E-state index contributed by atoms with van der Waals surface area (Å²) in [5.41, 5.74) is 0.708. The van der Waals surface area contributed by atoms with Crippen molar-refractivity contribution < 1.29 is 9.66 Å². The first-order valence-corrected chi connectivity index (χ1v) is 6.52. The van der Waals surface area contributed by atoms with Crippen LogP contribution in [0.2, 0.25) is 0 Å². The number of nitrogens with zero attached hydrogens (tertiary/aromatic N) is 3. The summed E-state index contributed by atoms with van der Waals surface area (Å²) >= 11 is 0. The van der Waals surface area contributed by atoms with Crippen molar-refractivity contribution >= 4 is 11.5 Å². The summed E-state index contributed by atoms with van der Waals surface area (Å²) in [5, 5.41) is 13.7. The lowest BCUT2D eigenvalue weighted by Gasteiger charge is -2.10. The van der Waals surface area contributed by atoms with E-state index in [1.807, 2.05) is 6.92 Å². The molecule has 1 heterocycles. The Bertz CT molecular complexity index is 651. The highest BCUT2D eigenvalue weighted by atomic mass is 16.6. The van der Waals surface area contributed by atoms with Gasteiger partial charge in [-0.1, -0.05) is 6.92 Å². The summed E-state index contributed by atoms with van der Waals surface area (Å²) < 4.78 is 5.72. The summed E-state index contributed by atoms with van der Waals surface area (Å²) in [7, 11) is 1.77. The fourth-order valence-electron chi connectivity index (χ4n) is 1.79. The number of anilines is 1. The Morgan fingerprint density at radius 1 is 1.33 bits per heavy atom. The minimum atomic E-state index is -0.435. The first-order chi connectivity index (χ1) is 10.0. The van der Waals surface area contributed by atoms with E-state index in [1.54, 1.807) is 26.1 Å². The van der Waals surface area contributed by atoms with E-state index in [2.05, 4.69) is 15.3 Å². The third-order valence-corrected chi connectivity index (χ3v) is 2.91. The number of nitrogens with one attached hydrogen (secondary N) is 1. The van der Waals surface area contributed by atoms with E-state index in [1.165, 1.54) is 12.1 Å². The predicted molar refractivity (Wildman–Crippen MR) is 78.9 cm³/mol. The summed E-state index contributed by atoms with van der Waals surface area (Å²) in [6, 6.07) is 6.12. The molecule has 110 valence electrons. The van der Waals surface area contributed by atoms with Gasteiger partial charge in [0.1, 0.15) is 17.4 Å². The smallest absolute Gasteiger partial charge is 0.269 e. The largest absolute Gasteiger partial charge is 0.439 e. The van der Waals surface area contributed by atoms with Crippen LogP contribution in [0.5, 0.6) is 11.6 Å². The van der Waals surface area contributed by atoms with E-state index in [4.69, 9.17) is 4.74 Å². The number of rotatable bonds is 5. The van der Waals surface area contributed by atoms with Crippen LogP contribution >= 0.6 is 0 Å². The highest BCUT2D eigenvalue weighted by Crippen LogP contribution is 2.28. The highest BCUT2D eigenvalue weighted by molar-refractivity contribution is 5.45. The Hall–Kier alpha value is -2.70. The quantitative estimate of drug-likeness (QED) is 0.671. The van der Waals surface area contributed by atoms with Gasteiger partial charge in [-0.3, -0.25) is 10.1 Å². The number of hydrogen-bond donors (Lipinski definition) is 1. The van der Waals surface area contributed by atoms with Crippen molar-refractivity contribution in [2.24, 2.45) is 0 Å². The van der Waals surface area contributed by atoms with Crippen LogP contribution in [0, 0.1) is 17.0 Å². The zero-order chi connectivity index (χ0) is 15.4. The molecule has 0 aliphatic rings. The molecule has 0 bridgehead atoms. The van der Waals surface area contributed by atoms with E-state index < -0.39 is 4.92 Å². The molecule has 7 heteroatoms. The van der Waals surface area contributed by atoms with Crippen LogP contribution in [-0.2, 0) is 6.42 Å². The molecule has 0 radical (unpaired) electrons. The van der Waals surface area contributed by atoms with E-state index >= 15 is 0 Å². The molecular formula is C14H16N4O3. The normalized spacial score (nSPS) is 10.2. The van der Waals surface area contributed by atoms with Crippen LogP contribution in [0.15, 0.2) is 24.3 Å². The number of nitro benzene ring substituents is 1. The van der Waals surface area contributed by atoms with Crippen molar-refractivity contribution in [3.8, 4) is 11.6 Å². The number of nitro groups is 1. The molecule has 0 fully saturated rings. The van der Waals surface area contributed by atoms with E-state index in [9.17, 15) is 10.1 Å². The van der Waals surface area contributed by atoms with Crippen molar-refractivity contribution in [2.75, 3.05) is 12.4 Å². The van der Waals surface area contributed by atoms with E-state index in [-0.39, 0.29) is 5.69 Å². The summed E-state index contributed by atoms with van der Waals surface area (Å²) in [4.78, 5) is 18.9. The summed E-state index contributed by atoms with van der Waals surface area (Å²) in [6.07, 6.45) is 0.686. The van der Waals surface area contributed by atoms with Crippen molar-refractivity contribution in [1.29, 1.82) is 0 Å². The average Bonchev–Trinajstić information content (AvgIpc) is 2.48. The predicted octanol–water partition coefficient (Wildman–Crippen LogP) is 3.09. The van der Waals surface area contributed by atoms with Crippen molar-refractivity contribution in [2.45, 2.75) is 20.3 Å². The van der Waals surface area contributed by atoms with Crippen LogP contribution in [0.25, 0.3) is 0 Å². The minimum absolute atomic E-state index is 0.0349. The minimum Gasteiger partial charge on any atom is -0.439 e. The van der Waals surface area contributed by atoms with Gasteiger partial charge < -0.3 is 10.1 Å². The number of aromatic nitrogens is 2. The van der Waals surface area contributed by atoms with Crippen LogP contribution in [0.3, 0.4) is 0 Å². The zero-order valence-electron chi connectivity index (χ0n) is 12.1. The Morgan fingerprint density at radius 3 is 2.67 bits per heavy atom. The maximum atomic E-state index is 10.7. The molecule has 0 aliphatic heterocycles. The van der Waals surface area contributed by atoms with Gasteiger partial charge in [0.15, 0.2) is 0 Å². The van der Waals surface area contributed by atoms with Crippen LogP contribution < -0.4 is 10.1 Å². The monoisotopic (exact) mass is 288 g/mol. The van der Waals surface area contributed by atoms with Gasteiger partial charge in [0.25, 0.3) is 5.69 Å². The van der Waals surface area contributed by atoms with Gasteiger partial charge in [-0.15, -0.1) is 0 Å². The molecule has 2 aromatic rings. The van der Waals surface area contributed by atoms with Crippen molar-refractivity contribution in [1.82, 2.24) is 9.97 Å². The first kappa shape index (κ1) is 14.7. The summed E-state index contributed by atoms with van der Waals surface area (Å²) in [5.74, 6) is 2.26. The third-order valence-electron chi connectivity index (χ3n) is 2.91. The zero-order valence-corrected chi connectivity index (χ0v) is 12.1. The van der Waals surface area contributed by atoms with Gasteiger partial charge in [0, 0.05) is 31.7 Å². The van der Waals surface area contributed by atoms with Crippen molar-refractivity contribution in [3.05, 3.63) is 45.8 Å². The molecule has 0 atom stereocenters. The second kappa shape index (κ2) is 6.17. The Kier molecular flexibility index (Phi) is 4.32. The Labute approximate surface area is 122 Å². The lowest BCUT2D eigenvalue weighted by molar-refractivity contribution is -0.384. The fraction of sp³-hybridized carbons (Fsp3) is 0.286. The molecule has 0 aliphatic carbocycles. The maximum absolute atomic E-state index is 10.7. The standard InChI is InChI=1S/C14H16N4O3/c1-4-12-16-13(15-3)8-14(17-12)21-11-6-5-10(18(19)20)7-9(11)2/h5-8H,4H2,1-3H3,(H,15,16,17). The van der Waals surface area contributed by atoms with Gasteiger partial charge in [0.2, 0.25) is 5.88 Å². The van der Waals surface area contributed by atoms with Crippen molar-refractivity contribution in [3.63, 3.8) is 0 Å². The third kappa shape index (κ3) is 3.44. The molecule has 1 aromatic heterocycles. The van der Waals surface area contributed by atoms with Gasteiger partial charge in [-0.25, -0.2) is 4.98 Å². The maximum Gasteiger partial charge on any atom is 0.269 e. The molecule has 0 saturated heterocycles. The average molecular weight is 288 g/mol. The van der Waals surface area contributed by atoms with Gasteiger partial charge in [-0.05, 0) is 18.6 Å². The number of hydrogen-bond acceptors (Lipinski definition) is 6. The molecule has 2 rings (SSSR count). The molecule has 21 heavy (non-hydrogen) atoms. The molecular weight excluding hydrogens is 272 g/mol. The Morgan fingerprint density at radius 2 is 2.10 bits per heavy atom. The lowest BCUT2D eigenvalue weighted by Crippen LogP contribution is -2.01. The fourth-order valence-corrected chi connectivity index (χ4v) is 1.79. The van der Waals surface area contributed by atoms with Crippen LogP contribution in [0.1, 0.15) is 18.3 Å². The molecule has 7 nitrogen and oxygen atoms in total. The molecule has 1 aromatic carbocycles. The summed E-state index contributed by atoms with van der Waals surface area (Å²) in [6.45, 7) is 3.71. The second-order valence-corrected chi connectivity index (χ2v) is 4.42. The number of non-ortho nitro benzene ring substituents is 1. The molecule has 0 amide bonds. The molecule has 0 saturated carbocycles. The Balaban J connectivity index is 2.31. The van der Waals surface area contributed by atoms with Crippen LogP contribution in [-0.4, -0.2) is 21.9 Å². The van der Waals surface area contributed by atoms with E-state index in [0.717, 1.165) is 0 Å². The molecule has 1 N–H and O–H groups in total. The van der Waals surface area contributed by atoms with E-state index in [0.29, 0.717) is 35.3 Å². The first-order valence-electron chi connectivity index (χ1n) is 6.52. The SMILES string of the molecule is CCc1nc(NC)cc(Oc2ccc([N+](=O)[O-])cc2C)n1. The topological polar surface area (TPSA) is 90.2 Å². The van der Waals surface area contributed by atoms with Crippen LogP contribution in [0.4, 0.5) is 11.5 Å². The number of ether oxygens (including phenoxy) is 1. The lowest BCUT2D eigenvalue weighted by atomic mass is 10.2. The number of aryl methyl sites for hydroxylation is 2. The molecule has 0 unspecified atom stereocenters. The molecule has 0 spiro atoms. The number of benzene rings is 1. The second-order valence-electron chi connectivity index (χ2n) is 4.42.